The Morgan fingerprint density at radius 1 is 1.24 bits per heavy atom. The number of hydrogen-bond acceptors (Lipinski definition) is 3. The number of hydrogen-bond donors (Lipinski definition) is 0. The Kier molecular flexibility index (Phi) is 5.12. The van der Waals surface area contributed by atoms with Crippen LogP contribution >= 0.6 is 0 Å². The molecule has 0 saturated carbocycles. The third-order valence-electron chi connectivity index (χ3n) is 5.41. The largest absolute Gasteiger partial charge is 0.348 e. The van der Waals surface area contributed by atoms with E-state index < -0.39 is 0 Å². The summed E-state index contributed by atoms with van der Waals surface area (Å²) in [7, 11) is 0. The predicted octanol–water partition coefficient (Wildman–Crippen LogP) is 4.50. The maximum absolute atomic E-state index is 11.8. The molecule has 0 aliphatic carbocycles. The fourth-order valence-electron chi connectivity index (χ4n) is 2.40. The SMILES string of the molecule is C=C(C)C(=O)CCC(C)(C)C1OC(C)C(C)(C)C(C)(C)O1. The summed E-state index contributed by atoms with van der Waals surface area (Å²) in [6.07, 6.45) is 1.02. The highest BCUT2D eigenvalue weighted by Crippen LogP contribution is 2.47. The van der Waals surface area contributed by atoms with Crippen LogP contribution in [0.3, 0.4) is 0 Å². The molecule has 1 fully saturated rings. The molecular formula is C18H32O3. The minimum absolute atomic E-state index is 0.0624. The average Bonchev–Trinajstić information content (AvgIpc) is 2.32. The van der Waals surface area contributed by atoms with E-state index in [4.69, 9.17) is 9.47 Å². The highest BCUT2D eigenvalue weighted by Gasteiger charge is 2.52. The number of ketones is 1. The van der Waals surface area contributed by atoms with E-state index in [0.29, 0.717) is 12.0 Å². The molecule has 0 aromatic rings. The minimum atomic E-state index is -0.298. The van der Waals surface area contributed by atoms with Crippen molar-refractivity contribution in [1.29, 1.82) is 0 Å². The first-order valence-electron chi connectivity index (χ1n) is 7.83. The van der Waals surface area contributed by atoms with Crippen LogP contribution in [0.25, 0.3) is 0 Å². The van der Waals surface area contributed by atoms with Crippen LogP contribution in [0.2, 0.25) is 0 Å². The Labute approximate surface area is 130 Å². The van der Waals surface area contributed by atoms with E-state index in [-0.39, 0.29) is 34.6 Å². The van der Waals surface area contributed by atoms with Crippen molar-refractivity contribution in [2.75, 3.05) is 0 Å². The highest BCUT2D eigenvalue weighted by atomic mass is 16.7. The van der Waals surface area contributed by atoms with Gasteiger partial charge in [0.15, 0.2) is 12.1 Å². The Balaban J connectivity index is 2.81. The number of carbonyl (C=O) groups excluding carboxylic acids is 1. The summed E-state index contributed by atoms with van der Waals surface area (Å²) < 4.78 is 12.4. The lowest BCUT2D eigenvalue weighted by atomic mass is 9.71. The van der Waals surface area contributed by atoms with Crippen LogP contribution in [0.4, 0.5) is 0 Å². The van der Waals surface area contributed by atoms with Crippen molar-refractivity contribution in [3.05, 3.63) is 12.2 Å². The number of rotatable bonds is 5. The third-order valence-corrected chi connectivity index (χ3v) is 5.41. The quantitative estimate of drug-likeness (QED) is 0.700. The molecule has 0 aromatic heterocycles. The summed E-state index contributed by atoms with van der Waals surface area (Å²) in [5.41, 5.74) is 0.0664. The molecule has 3 nitrogen and oxygen atoms in total. The summed E-state index contributed by atoms with van der Waals surface area (Å²) >= 11 is 0. The van der Waals surface area contributed by atoms with Gasteiger partial charge in [-0.2, -0.15) is 0 Å². The normalized spacial score (nSPS) is 28.2. The molecule has 1 heterocycles. The molecular weight excluding hydrogens is 264 g/mol. The predicted molar refractivity (Wildman–Crippen MR) is 86.1 cm³/mol. The molecule has 21 heavy (non-hydrogen) atoms. The van der Waals surface area contributed by atoms with Crippen molar-refractivity contribution in [2.24, 2.45) is 10.8 Å². The molecule has 3 heteroatoms. The molecule has 122 valence electrons. The van der Waals surface area contributed by atoms with Gasteiger partial charge in [-0.25, -0.2) is 0 Å². The van der Waals surface area contributed by atoms with E-state index in [1.54, 1.807) is 6.92 Å². The number of allylic oxidation sites excluding steroid dienone is 1. The highest BCUT2D eigenvalue weighted by molar-refractivity contribution is 5.94. The van der Waals surface area contributed by atoms with E-state index in [9.17, 15) is 4.79 Å². The third kappa shape index (κ3) is 3.75. The zero-order valence-electron chi connectivity index (χ0n) is 15.0. The minimum Gasteiger partial charge on any atom is -0.348 e. The first kappa shape index (κ1) is 18.4. The Morgan fingerprint density at radius 3 is 2.19 bits per heavy atom. The molecule has 0 aromatic carbocycles. The summed E-state index contributed by atoms with van der Waals surface area (Å²) in [6.45, 7) is 20.4. The van der Waals surface area contributed by atoms with Gasteiger partial charge in [0.1, 0.15) is 0 Å². The van der Waals surface area contributed by atoms with Crippen LogP contribution in [0.5, 0.6) is 0 Å². The molecule has 1 rings (SSSR count). The zero-order chi connectivity index (χ0) is 16.6. The molecule has 0 N–H and O–H groups in total. The first-order chi connectivity index (χ1) is 9.31. The van der Waals surface area contributed by atoms with Gasteiger partial charge in [-0.1, -0.05) is 34.3 Å². The zero-order valence-corrected chi connectivity index (χ0v) is 15.0. The van der Waals surface area contributed by atoms with Gasteiger partial charge < -0.3 is 9.47 Å². The molecule has 1 saturated heterocycles. The molecule has 0 radical (unpaired) electrons. The van der Waals surface area contributed by atoms with Crippen LogP contribution in [0, 0.1) is 10.8 Å². The van der Waals surface area contributed by atoms with E-state index >= 15 is 0 Å². The maximum Gasteiger partial charge on any atom is 0.163 e. The van der Waals surface area contributed by atoms with Crippen molar-refractivity contribution >= 4 is 5.78 Å². The molecule has 2 atom stereocenters. The van der Waals surface area contributed by atoms with Gasteiger partial charge in [-0.15, -0.1) is 0 Å². The van der Waals surface area contributed by atoms with Crippen molar-refractivity contribution in [3.8, 4) is 0 Å². The Hall–Kier alpha value is -0.670. The van der Waals surface area contributed by atoms with Crippen LogP contribution in [0.1, 0.15) is 68.2 Å². The molecule has 1 aliphatic rings. The lowest BCUT2D eigenvalue weighted by Gasteiger charge is -2.55. The lowest BCUT2D eigenvalue weighted by molar-refractivity contribution is -0.350. The molecule has 0 spiro atoms. The molecule has 2 unspecified atom stereocenters. The van der Waals surface area contributed by atoms with Crippen molar-refractivity contribution in [3.63, 3.8) is 0 Å². The number of ether oxygens (including phenoxy) is 2. The van der Waals surface area contributed by atoms with Gasteiger partial charge in [-0.3, -0.25) is 4.79 Å². The molecule has 1 aliphatic heterocycles. The summed E-state index contributed by atoms with van der Waals surface area (Å²) in [5, 5.41) is 0. The Bertz CT molecular complexity index is 418. The standard InChI is InChI=1S/C18H32O3/c1-12(2)14(19)10-11-16(4,5)15-20-13(3)17(6,7)18(8,9)21-15/h13,15H,1,10-11H2,2-9H3. The first-order valence-corrected chi connectivity index (χ1v) is 7.83. The van der Waals surface area contributed by atoms with Crippen molar-refractivity contribution < 1.29 is 14.3 Å². The fraction of sp³-hybridized carbons (Fsp3) is 0.833. The average molecular weight is 296 g/mol. The second kappa shape index (κ2) is 5.85. The monoisotopic (exact) mass is 296 g/mol. The van der Waals surface area contributed by atoms with Gasteiger partial charge >= 0.3 is 0 Å². The topological polar surface area (TPSA) is 35.5 Å². The van der Waals surface area contributed by atoms with Crippen LogP contribution < -0.4 is 0 Å². The van der Waals surface area contributed by atoms with E-state index in [1.165, 1.54) is 0 Å². The van der Waals surface area contributed by atoms with Crippen molar-refractivity contribution in [1.82, 2.24) is 0 Å². The van der Waals surface area contributed by atoms with Gasteiger partial charge in [0, 0.05) is 17.3 Å². The van der Waals surface area contributed by atoms with Crippen molar-refractivity contribution in [2.45, 2.75) is 86.2 Å². The van der Waals surface area contributed by atoms with Gasteiger partial charge in [0.05, 0.1) is 11.7 Å². The van der Waals surface area contributed by atoms with Gasteiger partial charge in [0.2, 0.25) is 0 Å². The second-order valence-electron chi connectivity index (χ2n) is 8.15. The van der Waals surface area contributed by atoms with Gasteiger partial charge in [-0.05, 0) is 39.7 Å². The lowest BCUT2D eigenvalue weighted by Crippen LogP contribution is -2.59. The number of Topliss-reactive ketones (excluding diaryl/α,β-unsaturated/α-hetero) is 1. The van der Waals surface area contributed by atoms with E-state index in [1.807, 2.05) is 0 Å². The summed E-state index contributed by atoms with van der Waals surface area (Å²) in [4.78, 5) is 11.8. The van der Waals surface area contributed by atoms with Crippen LogP contribution in [0.15, 0.2) is 12.2 Å². The number of carbonyl (C=O) groups is 1. The maximum atomic E-state index is 11.8. The van der Waals surface area contributed by atoms with E-state index in [2.05, 4.69) is 55.0 Å². The molecule has 0 amide bonds. The fourth-order valence-corrected chi connectivity index (χ4v) is 2.40. The van der Waals surface area contributed by atoms with Crippen LogP contribution in [-0.2, 0) is 14.3 Å². The Morgan fingerprint density at radius 2 is 1.76 bits per heavy atom. The van der Waals surface area contributed by atoms with E-state index in [0.717, 1.165) is 6.42 Å². The summed E-state index contributed by atoms with van der Waals surface area (Å²) in [6, 6.07) is 0. The molecule has 0 bridgehead atoms. The smallest absolute Gasteiger partial charge is 0.163 e. The van der Waals surface area contributed by atoms with Gasteiger partial charge in [0.25, 0.3) is 0 Å². The summed E-state index contributed by atoms with van der Waals surface area (Å²) in [5.74, 6) is 0.117. The van der Waals surface area contributed by atoms with Crippen LogP contribution in [-0.4, -0.2) is 23.8 Å². The second-order valence-corrected chi connectivity index (χ2v) is 8.15.